The monoisotopic (exact) mass is 443 g/mol. The average Bonchev–Trinajstić information content (AvgIpc) is 3.27. The third-order valence-electron chi connectivity index (χ3n) is 5.32. The highest BCUT2D eigenvalue weighted by Gasteiger charge is 2.54. The zero-order chi connectivity index (χ0) is 22.9. The molecule has 0 aliphatic carbocycles. The maximum atomic E-state index is 16.7. The van der Waals surface area contributed by atoms with Crippen LogP contribution in [-0.4, -0.2) is 30.3 Å². The van der Waals surface area contributed by atoms with E-state index in [4.69, 9.17) is 0 Å². The number of alkyl halides is 1. The van der Waals surface area contributed by atoms with Gasteiger partial charge in [0, 0.05) is 23.4 Å². The molecule has 0 amide bonds. The van der Waals surface area contributed by atoms with Gasteiger partial charge >= 0.3 is 0 Å². The van der Waals surface area contributed by atoms with Crippen LogP contribution in [0.15, 0.2) is 67.1 Å². The number of benzene rings is 2. The summed E-state index contributed by atoms with van der Waals surface area (Å²) in [5.74, 6) is -2.39. The molecule has 4 aromatic rings. The zero-order valence-corrected chi connectivity index (χ0v) is 16.8. The van der Waals surface area contributed by atoms with Crippen LogP contribution < -0.4 is 0 Å². The lowest BCUT2D eigenvalue weighted by atomic mass is 9.77. The Labute approximate surface area is 180 Å². The summed E-state index contributed by atoms with van der Waals surface area (Å²) in [7, 11) is 0. The number of hydrogen-bond acceptors (Lipinski definition) is 5. The summed E-state index contributed by atoms with van der Waals surface area (Å²) in [4.78, 5) is 5.05. The van der Waals surface area contributed by atoms with Crippen LogP contribution in [0, 0.1) is 17.5 Å². The first-order valence-corrected chi connectivity index (χ1v) is 9.51. The van der Waals surface area contributed by atoms with Crippen molar-refractivity contribution in [3.63, 3.8) is 0 Å². The molecule has 2 unspecified atom stereocenters. The number of nitrogens with zero attached hydrogens (tertiary/aromatic N) is 5. The Morgan fingerprint density at radius 3 is 2.22 bits per heavy atom. The van der Waals surface area contributed by atoms with Crippen LogP contribution in [-0.2, 0) is 17.8 Å². The van der Waals surface area contributed by atoms with Crippen LogP contribution in [0.5, 0.6) is 0 Å². The predicted octanol–water partition coefficient (Wildman–Crippen LogP) is 3.93. The molecular formula is C22H17F4N5O. The lowest BCUT2D eigenvalue weighted by molar-refractivity contribution is -0.120. The number of pyridine rings is 1. The van der Waals surface area contributed by atoms with Gasteiger partial charge in [0.15, 0.2) is 6.33 Å². The van der Waals surface area contributed by atoms with Crippen LogP contribution in [0.25, 0.3) is 11.1 Å². The number of aromatic nitrogens is 5. The maximum Gasteiger partial charge on any atom is 0.206 e. The van der Waals surface area contributed by atoms with Gasteiger partial charge < -0.3 is 5.11 Å². The molecule has 10 heteroatoms. The van der Waals surface area contributed by atoms with Crippen molar-refractivity contribution in [2.45, 2.75) is 24.7 Å². The van der Waals surface area contributed by atoms with Crippen LogP contribution >= 0.6 is 0 Å². The zero-order valence-electron chi connectivity index (χ0n) is 16.8. The first kappa shape index (κ1) is 21.6. The predicted molar refractivity (Wildman–Crippen MR) is 106 cm³/mol. The van der Waals surface area contributed by atoms with E-state index in [1.54, 1.807) is 0 Å². The summed E-state index contributed by atoms with van der Waals surface area (Å²) >= 11 is 0. The SMILES string of the molecule is CC(O)(c1ccc(F)cc1F)C(F)(Cn1ncnn1)c1ccc(-c2ccc(F)cc2)cn1. The topological polar surface area (TPSA) is 76.7 Å². The van der Waals surface area contributed by atoms with Crippen LogP contribution in [0.1, 0.15) is 18.2 Å². The van der Waals surface area contributed by atoms with Gasteiger partial charge in [0.1, 0.15) is 29.6 Å². The third-order valence-corrected chi connectivity index (χ3v) is 5.32. The second-order valence-electron chi connectivity index (χ2n) is 7.40. The van der Waals surface area contributed by atoms with Crippen molar-refractivity contribution in [3.8, 4) is 11.1 Å². The second-order valence-corrected chi connectivity index (χ2v) is 7.40. The normalized spacial score (nSPS) is 15.2. The van der Waals surface area contributed by atoms with E-state index in [-0.39, 0.29) is 5.69 Å². The molecule has 164 valence electrons. The standard InChI is InChI=1S/C22H17F4N5O/c1-21(32,18-8-7-17(24)10-19(18)25)22(26,12-31-29-13-28-30-31)20-9-4-15(11-27-20)14-2-5-16(23)6-3-14/h2-11,13,32H,12H2,1H3. The van der Waals surface area contributed by atoms with Gasteiger partial charge in [-0.3, -0.25) is 4.98 Å². The van der Waals surface area contributed by atoms with Gasteiger partial charge in [-0.05, 0) is 42.0 Å². The Balaban J connectivity index is 1.80. The van der Waals surface area contributed by atoms with E-state index < -0.39 is 40.8 Å². The van der Waals surface area contributed by atoms with Crippen molar-refractivity contribution in [1.82, 2.24) is 25.2 Å². The van der Waals surface area contributed by atoms with E-state index in [1.165, 1.54) is 42.6 Å². The molecule has 0 radical (unpaired) electrons. The van der Waals surface area contributed by atoms with Gasteiger partial charge in [0.05, 0.1) is 5.69 Å². The number of tetrazole rings is 1. The van der Waals surface area contributed by atoms with Crippen molar-refractivity contribution < 1.29 is 22.7 Å². The second kappa shape index (κ2) is 8.12. The highest BCUT2D eigenvalue weighted by atomic mass is 19.1. The molecule has 2 aromatic heterocycles. The van der Waals surface area contributed by atoms with E-state index in [2.05, 4.69) is 20.4 Å². The van der Waals surface area contributed by atoms with Crippen molar-refractivity contribution in [1.29, 1.82) is 0 Å². The Bertz CT molecular complexity index is 1210. The molecule has 0 bridgehead atoms. The van der Waals surface area contributed by atoms with Crippen LogP contribution in [0.4, 0.5) is 17.6 Å². The summed E-state index contributed by atoms with van der Waals surface area (Å²) < 4.78 is 57.8. The molecule has 1 N–H and O–H groups in total. The molecule has 0 saturated carbocycles. The lowest BCUT2D eigenvalue weighted by Gasteiger charge is -2.38. The number of halogens is 4. The highest BCUT2D eigenvalue weighted by molar-refractivity contribution is 5.62. The number of hydrogen-bond donors (Lipinski definition) is 1. The Morgan fingerprint density at radius 1 is 0.938 bits per heavy atom. The van der Waals surface area contributed by atoms with E-state index in [1.807, 2.05) is 0 Å². The molecule has 2 aromatic carbocycles. The Hall–Kier alpha value is -3.66. The number of aliphatic hydroxyl groups is 1. The molecule has 2 atom stereocenters. The van der Waals surface area contributed by atoms with E-state index >= 15 is 4.39 Å². The molecule has 0 aliphatic heterocycles. The van der Waals surface area contributed by atoms with E-state index in [0.29, 0.717) is 17.2 Å². The Kier molecular flexibility index (Phi) is 5.47. The summed E-state index contributed by atoms with van der Waals surface area (Å²) in [5.41, 5.74) is -4.73. The quantitative estimate of drug-likeness (QED) is 0.457. The van der Waals surface area contributed by atoms with Crippen molar-refractivity contribution >= 4 is 0 Å². The van der Waals surface area contributed by atoms with E-state index in [0.717, 1.165) is 30.2 Å². The lowest BCUT2D eigenvalue weighted by Crippen LogP contribution is -2.48. The summed E-state index contributed by atoms with van der Waals surface area (Å²) in [6.45, 7) is 0.412. The average molecular weight is 443 g/mol. The molecule has 4 rings (SSSR count). The minimum Gasteiger partial charge on any atom is -0.381 e. The fourth-order valence-corrected chi connectivity index (χ4v) is 3.48. The van der Waals surface area contributed by atoms with Gasteiger partial charge in [0.2, 0.25) is 5.67 Å². The molecule has 0 aliphatic rings. The van der Waals surface area contributed by atoms with Crippen LogP contribution in [0.3, 0.4) is 0 Å². The highest BCUT2D eigenvalue weighted by Crippen LogP contribution is 2.45. The number of rotatable bonds is 6. The summed E-state index contributed by atoms with van der Waals surface area (Å²) in [5, 5.41) is 22.2. The molecule has 2 heterocycles. The minimum atomic E-state index is -2.74. The van der Waals surface area contributed by atoms with Crippen molar-refractivity contribution in [3.05, 3.63) is 95.8 Å². The summed E-state index contributed by atoms with van der Waals surface area (Å²) in [6, 6.07) is 11.0. The van der Waals surface area contributed by atoms with Crippen LogP contribution in [0.2, 0.25) is 0 Å². The Morgan fingerprint density at radius 2 is 1.62 bits per heavy atom. The molecule has 0 saturated heterocycles. The molecule has 0 spiro atoms. The minimum absolute atomic E-state index is 0.241. The molecule has 6 nitrogen and oxygen atoms in total. The third kappa shape index (κ3) is 3.84. The molecular weight excluding hydrogens is 426 g/mol. The largest absolute Gasteiger partial charge is 0.381 e. The first-order chi connectivity index (χ1) is 15.2. The van der Waals surface area contributed by atoms with Gasteiger partial charge in [-0.1, -0.05) is 24.3 Å². The fourth-order valence-electron chi connectivity index (χ4n) is 3.48. The van der Waals surface area contributed by atoms with Gasteiger partial charge in [0.25, 0.3) is 0 Å². The van der Waals surface area contributed by atoms with Crippen molar-refractivity contribution in [2.75, 3.05) is 0 Å². The smallest absolute Gasteiger partial charge is 0.206 e. The van der Waals surface area contributed by atoms with Crippen molar-refractivity contribution in [2.24, 2.45) is 0 Å². The van der Waals surface area contributed by atoms with Gasteiger partial charge in [-0.2, -0.15) is 4.80 Å². The summed E-state index contributed by atoms with van der Waals surface area (Å²) in [6.07, 6.45) is 2.43. The van der Waals surface area contributed by atoms with Gasteiger partial charge in [-0.15, -0.1) is 10.2 Å². The fraction of sp³-hybridized carbons (Fsp3) is 0.182. The van der Waals surface area contributed by atoms with Gasteiger partial charge in [-0.25, -0.2) is 17.6 Å². The maximum absolute atomic E-state index is 16.7. The molecule has 32 heavy (non-hydrogen) atoms. The molecule has 0 fully saturated rings. The first-order valence-electron chi connectivity index (χ1n) is 9.51. The van der Waals surface area contributed by atoms with E-state index in [9.17, 15) is 18.3 Å².